The quantitative estimate of drug-likeness (QED) is 0.695. The van der Waals surface area contributed by atoms with Gasteiger partial charge >= 0.3 is 0 Å². The van der Waals surface area contributed by atoms with Crippen molar-refractivity contribution in [1.29, 1.82) is 0 Å². The van der Waals surface area contributed by atoms with Gasteiger partial charge in [-0.25, -0.2) is 4.68 Å². The molecule has 0 radical (unpaired) electrons. The Labute approximate surface area is 119 Å². The molecular formula is C12H12N6O3. The highest BCUT2D eigenvalue weighted by molar-refractivity contribution is 5.75. The van der Waals surface area contributed by atoms with Crippen LogP contribution in [-0.2, 0) is 11.3 Å². The average Bonchev–Trinajstić information content (AvgIpc) is 3.19. The molecule has 0 aliphatic rings. The van der Waals surface area contributed by atoms with E-state index in [1.54, 1.807) is 32.4 Å². The van der Waals surface area contributed by atoms with Crippen molar-refractivity contribution < 1.29 is 13.7 Å². The van der Waals surface area contributed by atoms with E-state index in [0.29, 0.717) is 17.3 Å². The predicted molar refractivity (Wildman–Crippen MR) is 69.7 cm³/mol. The summed E-state index contributed by atoms with van der Waals surface area (Å²) in [5, 5.41) is 11.6. The van der Waals surface area contributed by atoms with Crippen LogP contribution >= 0.6 is 0 Å². The molecule has 1 amide bonds. The van der Waals surface area contributed by atoms with Crippen LogP contribution in [0, 0.1) is 0 Å². The van der Waals surface area contributed by atoms with Gasteiger partial charge in [-0.15, -0.1) is 5.10 Å². The second-order valence-corrected chi connectivity index (χ2v) is 4.49. The number of aromatic nitrogens is 5. The summed E-state index contributed by atoms with van der Waals surface area (Å²) in [7, 11) is 3.35. The highest BCUT2D eigenvalue weighted by Crippen LogP contribution is 2.20. The normalized spacial score (nSPS) is 10.8. The van der Waals surface area contributed by atoms with Crippen LogP contribution < -0.4 is 0 Å². The van der Waals surface area contributed by atoms with Gasteiger partial charge in [-0.2, -0.15) is 4.98 Å². The number of likely N-dealkylation sites (N-methyl/N-ethyl adjacent to an activating group) is 1. The zero-order valence-electron chi connectivity index (χ0n) is 11.4. The van der Waals surface area contributed by atoms with Crippen LogP contribution in [0.25, 0.3) is 23.2 Å². The Morgan fingerprint density at radius 1 is 1.43 bits per heavy atom. The molecule has 0 unspecified atom stereocenters. The van der Waals surface area contributed by atoms with Gasteiger partial charge in [0.05, 0.1) is 12.5 Å². The minimum atomic E-state index is -0.0896. The number of amides is 1. The number of carbonyl (C=O) groups is 1. The molecule has 3 heterocycles. The number of hydrogen-bond acceptors (Lipinski definition) is 7. The fourth-order valence-corrected chi connectivity index (χ4v) is 1.59. The molecule has 21 heavy (non-hydrogen) atoms. The van der Waals surface area contributed by atoms with E-state index in [9.17, 15) is 4.79 Å². The zero-order valence-corrected chi connectivity index (χ0v) is 11.4. The topological polar surface area (TPSA) is 103 Å². The van der Waals surface area contributed by atoms with Gasteiger partial charge in [0.1, 0.15) is 6.54 Å². The number of hydrogen-bond donors (Lipinski definition) is 0. The van der Waals surface area contributed by atoms with Crippen LogP contribution in [0.3, 0.4) is 0 Å². The summed E-state index contributed by atoms with van der Waals surface area (Å²) < 4.78 is 11.7. The predicted octanol–water partition coefficient (Wildman–Crippen LogP) is 0.676. The highest BCUT2D eigenvalue weighted by atomic mass is 16.5. The molecule has 0 fully saturated rings. The summed E-state index contributed by atoms with van der Waals surface area (Å²) in [6.07, 6.45) is 3.09. The van der Waals surface area contributed by atoms with Gasteiger partial charge in [0.2, 0.25) is 11.7 Å². The van der Waals surface area contributed by atoms with Gasteiger partial charge in [-0.1, -0.05) is 10.4 Å². The number of rotatable bonds is 4. The molecule has 0 saturated carbocycles. The molecule has 0 bridgehead atoms. The minimum Gasteiger partial charge on any atom is -0.461 e. The number of furan rings is 1. The molecule has 3 rings (SSSR count). The van der Waals surface area contributed by atoms with Crippen molar-refractivity contribution in [2.45, 2.75) is 6.54 Å². The van der Waals surface area contributed by atoms with Crippen LogP contribution in [-0.4, -0.2) is 50.0 Å². The maximum Gasteiger partial charge on any atom is 0.280 e. The van der Waals surface area contributed by atoms with Crippen molar-refractivity contribution >= 4 is 5.91 Å². The third-order valence-electron chi connectivity index (χ3n) is 2.72. The Kier molecular flexibility index (Phi) is 3.22. The van der Waals surface area contributed by atoms with Crippen molar-refractivity contribution in [3.63, 3.8) is 0 Å². The molecule has 3 aromatic rings. The van der Waals surface area contributed by atoms with E-state index < -0.39 is 0 Å². The first-order chi connectivity index (χ1) is 10.1. The lowest BCUT2D eigenvalue weighted by molar-refractivity contribution is -0.129. The second-order valence-electron chi connectivity index (χ2n) is 4.49. The van der Waals surface area contributed by atoms with Crippen LogP contribution in [0.5, 0.6) is 0 Å². The Bertz CT molecular complexity index is 743. The first-order valence-corrected chi connectivity index (χ1v) is 6.12. The second kappa shape index (κ2) is 5.19. The van der Waals surface area contributed by atoms with E-state index in [1.165, 1.54) is 15.8 Å². The first-order valence-electron chi connectivity index (χ1n) is 6.12. The SMILES string of the molecule is CN(C)C(=O)Cn1cc(-c2nc(-c3ccco3)no2)nn1. The molecule has 0 aliphatic carbocycles. The van der Waals surface area contributed by atoms with E-state index in [0.717, 1.165) is 0 Å². The van der Waals surface area contributed by atoms with Gasteiger partial charge in [0.25, 0.3) is 5.89 Å². The fourth-order valence-electron chi connectivity index (χ4n) is 1.59. The molecule has 0 aliphatic heterocycles. The summed E-state index contributed by atoms with van der Waals surface area (Å²) in [5.74, 6) is 0.951. The third kappa shape index (κ3) is 2.66. The van der Waals surface area contributed by atoms with E-state index in [2.05, 4.69) is 20.5 Å². The molecule has 0 N–H and O–H groups in total. The summed E-state index contributed by atoms with van der Waals surface area (Å²) in [4.78, 5) is 17.2. The van der Waals surface area contributed by atoms with Gasteiger partial charge in [0, 0.05) is 14.1 Å². The van der Waals surface area contributed by atoms with Gasteiger partial charge in [0.15, 0.2) is 11.5 Å². The van der Waals surface area contributed by atoms with Crippen molar-refractivity contribution in [2.24, 2.45) is 0 Å². The standard InChI is InChI=1S/C12H12N6O3/c1-17(2)10(19)7-18-6-8(14-16-18)12-13-11(15-21-12)9-4-3-5-20-9/h3-6H,7H2,1-2H3. The summed E-state index contributed by atoms with van der Waals surface area (Å²) >= 11 is 0. The first kappa shape index (κ1) is 13.0. The molecule has 0 aromatic carbocycles. The minimum absolute atomic E-state index is 0.0896. The Balaban J connectivity index is 1.79. The van der Waals surface area contributed by atoms with Gasteiger partial charge < -0.3 is 13.8 Å². The van der Waals surface area contributed by atoms with Gasteiger partial charge in [-0.3, -0.25) is 4.79 Å². The summed E-state index contributed by atoms with van der Waals surface area (Å²) in [5.41, 5.74) is 0.395. The third-order valence-corrected chi connectivity index (χ3v) is 2.72. The zero-order chi connectivity index (χ0) is 14.8. The highest BCUT2D eigenvalue weighted by Gasteiger charge is 2.16. The summed E-state index contributed by atoms with van der Waals surface area (Å²) in [6, 6.07) is 3.45. The Hall–Kier alpha value is -2.97. The van der Waals surface area contributed by atoms with Crippen LogP contribution in [0.2, 0.25) is 0 Å². The van der Waals surface area contributed by atoms with E-state index in [4.69, 9.17) is 8.94 Å². The smallest absolute Gasteiger partial charge is 0.280 e. The Morgan fingerprint density at radius 3 is 3.00 bits per heavy atom. The molecular weight excluding hydrogens is 276 g/mol. The van der Waals surface area contributed by atoms with E-state index in [1.807, 2.05) is 0 Å². The van der Waals surface area contributed by atoms with Crippen molar-refractivity contribution in [3.05, 3.63) is 24.6 Å². The maximum absolute atomic E-state index is 11.6. The molecule has 0 saturated heterocycles. The molecule has 108 valence electrons. The molecule has 3 aromatic heterocycles. The maximum atomic E-state index is 11.6. The fraction of sp³-hybridized carbons (Fsp3) is 0.250. The summed E-state index contributed by atoms with van der Waals surface area (Å²) in [6.45, 7) is 0.0964. The largest absolute Gasteiger partial charge is 0.461 e. The number of carbonyl (C=O) groups excluding carboxylic acids is 1. The lowest BCUT2D eigenvalue weighted by atomic mass is 10.4. The van der Waals surface area contributed by atoms with Crippen molar-refractivity contribution in [2.75, 3.05) is 14.1 Å². The lowest BCUT2D eigenvalue weighted by Gasteiger charge is -2.08. The van der Waals surface area contributed by atoms with Gasteiger partial charge in [-0.05, 0) is 12.1 Å². The van der Waals surface area contributed by atoms with Crippen LogP contribution in [0.1, 0.15) is 0 Å². The molecule has 0 spiro atoms. The Morgan fingerprint density at radius 2 is 2.29 bits per heavy atom. The van der Waals surface area contributed by atoms with E-state index in [-0.39, 0.29) is 18.3 Å². The molecule has 9 nitrogen and oxygen atoms in total. The van der Waals surface area contributed by atoms with E-state index >= 15 is 0 Å². The van der Waals surface area contributed by atoms with Crippen LogP contribution in [0.15, 0.2) is 33.5 Å². The van der Waals surface area contributed by atoms with Crippen molar-refractivity contribution in [3.8, 4) is 23.2 Å². The lowest BCUT2D eigenvalue weighted by Crippen LogP contribution is -2.26. The number of nitrogens with zero attached hydrogens (tertiary/aromatic N) is 6. The molecule has 9 heteroatoms. The van der Waals surface area contributed by atoms with Crippen molar-refractivity contribution in [1.82, 2.24) is 30.0 Å². The molecule has 0 atom stereocenters. The average molecular weight is 288 g/mol. The monoisotopic (exact) mass is 288 g/mol. The van der Waals surface area contributed by atoms with Crippen LogP contribution in [0.4, 0.5) is 0 Å².